The van der Waals surface area contributed by atoms with Crippen LogP contribution in [0.25, 0.3) is 0 Å². The Bertz CT molecular complexity index is 858. The molecule has 0 saturated heterocycles. The summed E-state index contributed by atoms with van der Waals surface area (Å²) in [5, 5.41) is 23.8. The third kappa shape index (κ3) is 6.21. The summed E-state index contributed by atoms with van der Waals surface area (Å²) in [4.78, 5) is 13.8. The number of aromatic hydroxyl groups is 1. The molecule has 5 N–H and O–H groups in total. The Kier molecular flexibility index (Phi) is 7.93. The number of nitrogens with two attached hydrogens (primary N) is 1. The zero-order valence-electron chi connectivity index (χ0n) is 18.5. The van der Waals surface area contributed by atoms with Gasteiger partial charge in [0.05, 0.1) is 11.7 Å². The topological polar surface area (TPSA) is 98.8 Å². The number of nitrogens with zero attached hydrogens (tertiary/aromatic N) is 1. The van der Waals surface area contributed by atoms with Gasteiger partial charge < -0.3 is 26.2 Å². The molecule has 1 aliphatic carbocycles. The number of rotatable bonds is 9. The Morgan fingerprint density at radius 1 is 1.23 bits per heavy atom. The minimum Gasteiger partial charge on any atom is -0.507 e. The van der Waals surface area contributed by atoms with Crippen molar-refractivity contribution in [2.45, 2.75) is 44.8 Å². The van der Waals surface area contributed by atoms with E-state index in [1.165, 1.54) is 43.5 Å². The van der Waals surface area contributed by atoms with Crippen LogP contribution in [-0.4, -0.2) is 42.3 Å². The van der Waals surface area contributed by atoms with Crippen LogP contribution in [0.5, 0.6) is 5.75 Å². The number of hydrogen-bond donors (Lipinski definition) is 4. The summed E-state index contributed by atoms with van der Waals surface area (Å²) in [6.07, 6.45) is 4.08. The van der Waals surface area contributed by atoms with Crippen LogP contribution in [-0.2, 0) is 0 Å². The van der Waals surface area contributed by atoms with Crippen molar-refractivity contribution in [3.8, 4) is 5.75 Å². The maximum atomic E-state index is 11.4. The number of hydrogen-bond acceptors (Lipinski definition) is 5. The fourth-order valence-corrected chi connectivity index (χ4v) is 4.67. The monoisotopic (exact) mass is 425 g/mol. The molecule has 0 aliphatic heterocycles. The van der Waals surface area contributed by atoms with Crippen molar-refractivity contribution < 1.29 is 15.0 Å². The summed E-state index contributed by atoms with van der Waals surface area (Å²) in [5.74, 6) is 0.351. The molecule has 0 aromatic heterocycles. The smallest absolute Gasteiger partial charge is 0.252 e. The first kappa shape index (κ1) is 23.1. The summed E-state index contributed by atoms with van der Waals surface area (Å²) in [7, 11) is 2.16. The van der Waals surface area contributed by atoms with E-state index in [-0.39, 0.29) is 17.4 Å². The highest BCUT2D eigenvalue weighted by Crippen LogP contribution is 2.32. The second kappa shape index (κ2) is 10.6. The molecule has 6 heteroatoms. The van der Waals surface area contributed by atoms with Gasteiger partial charge in [0, 0.05) is 31.9 Å². The van der Waals surface area contributed by atoms with Crippen LogP contribution in [0.15, 0.2) is 48.5 Å². The molecule has 2 aromatic rings. The third-order valence-electron chi connectivity index (χ3n) is 6.56. The molecule has 1 amide bonds. The fraction of sp³-hybridized carbons (Fsp3) is 0.480. The molecule has 2 aromatic carbocycles. The largest absolute Gasteiger partial charge is 0.507 e. The van der Waals surface area contributed by atoms with Crippen molar-refractivity contribution in [2.24, 2.45) is 17.6 Å². The highest BCUT2D eigenvalue weighted by molar-refractivity contribution is 5.95. The number of carbonyl (C=O) groups is 1. The molecule has 6 nitrogen and oxygen atoms in total. The lowest BCUT2D eigenvalue weighted by atomic mass is 9.78. The van der Waals surface area contributed by atoms with Gasteiger partial charge in [0.2, 0.25) is 0 Å². The van der Waals surface area contributed by atoms with Gasteiger partial charge in [-0.3, -0.25) is 4.79 Å². The van der Waals surface area contributed by atoms with Gasteiger partial charge in [-0.05, 0) is 67.9 Å². The van der Waals surface area contributed by atoms with Crippen LogP contribution >= 0.6 is 0 Å². The van der Waals surface area contributed by atoms with Crippen molar-refractivity contribution in [2.75, 3.05) is 25.0 Å². The molecular formula is C25H35N3O3. The molecule has 3 rings (SSSR count). The van der Waals surface area contributed by atoms with Gasteiger partial charge >= 0.3 is 0 Å². The Morgan fingerprint density at radius 3 is 2.68 bits per heavy atom. The predicted molar refractivity (Wildman–Crippen MR) is 124 cm³/mol. The molecule has 0 spiro atoms. The Morgan fingerprint density at radius 2 is 1.97 bits per heavy atom. The maximum absolute atomic E-state index is 11.4. The Hall–Kier alpha value is -2.57. The maximum Gasteiger partial charge on any atom is 0.252 e. The van der Waals surface area contributed by atoms with Crippen molar-refractivity contribution >= 4 is 11.6 Å². The average molecular weight is 426 g/mol. The van der Waals surface area contributed by atoms with E-state index in [0.29, 0.717) is 23.9 Å². The quantitative estimate of drug-likeness (QED) is 0.493. The molecule has 1 saturated carbocycles. The number of carbonyl (C=O) groups excluding carboxylic acids is 1. The molecule has 0 radical (unpaired) electrons. The lowest BCUT2D eigenvalue weighted by Gasteiger charge is -2.36. The van der Waals surface area contributed by atoms with Gasteiger partial charge in [-0.15, -0.1) is 0 Å². The number of amides is 1. The highest BCUT2D eigenvalue weighted by Gasteiger charge is 2.27. The molecule has 0 heterocycles. The van der Waals surface area contributed by atoms with Crippen LogP contribution in [0.4, 0.5) is 5.69 Å². The Balaban J connectivity index is 1.51. The fourth-order valence-electron chi connectivity index (χ4n) is 4.67. The molecule has 31 heavy (non-hydrogen) atoms. The van der Waals surface area contributed by atoms with E-state index in [2.05, 4.69) is 48.5 Å². The van der Waals surface area contributed by atoms with Gasteiger partial charge in [-0.1, -0.05) is 30.7 Å². The van der Waals surface area contributed by atoms with Crippen molar-refractivity contribution in [3.05, 3.63) is 59.7 Å². The van der Waals surface area contributed by atoms with Gasteiger partial charge in [0.25, 0.3) is 5.91 Å². The first-order valence-corrected chi connectivity index (χ1v) is 11.2. The third-order valence-corrected chi connectivity index (χ3v) is 6.56. The molecule has 1 fully saturated rings. The summed E-state index contributed by atoms with van der Waals surface area (Å²) in [5.41, 5.74) is 7.14. The van der Waals surface area contributed by atoms with Crippen molar-refractivity contribution in [1.29, 1.82) is 0 Å². The second-order valence-electron chi connectivity index (χ2n) is 8.86. The van der Waals surface area contributed by atoms with Crippen LogP contribution in [0, 0.1) is 11.8 Å². The first-order chi connectivity index (χ1) is 14.8. The first-order valence-electron chi connectivity index (χ1n) is 11.2. The molecule has 4 atom stereocenters. The zero-order chi connectivity index (χ0) is 22.4. The number of para-hydroxylation sites is 1. The normalized spacial score (nSPS) is 20.7. The highest BCUT2D eigenvalue weighted by atomic mass is 16.3. The molecule has 168 valence electrons. The summed E-state index contributed by atoms with van der Waals surface area (Å²) >= 11 is 0. The van der Waals surface area contributed by atoms with E-state index in [1.807, 2.05) is 6.07 Å². The second-order valence-corrected chi connectivity index (χ2v) is 8.86. The lowest BCUT2D eigenvalue weighted by molar-refractivity contribution is 0.0997. The van der Waals surface area contributed by atoms with E-state index >= 15 is 0 Å². The summed E-state index contributed by atoms with van der Waals surface area (Å²) in [6, 6.07) is 15.3. The number of benzene rings is 2. The number of primary amides is 1. The molecule has 2 unspecified atom stereocenters. The SMILES string of the molecule is CC(NCC(O)c1ccc(O)c(C(N)=O)c1)[C@H]1CCC[C@@H](CN(C)c2ccccc2)C1. The van der Waals surface area contributed by atoms with Crippen LogP contribution < -0.4 is 16.0 Å². The summed E-state index contributed by atoms with van der Waals surface area (Å²) in [6.45, 7) is 3.63. The van der Waals surface area contributed by atoms with E-state index in [4.69, 9.17) is 5.73 Å². The van der Waals surface area contributed by atoms with Crippen LogP contribution in [0.1, 0.15) is 54.6 Å². The van der Waals surface area contributed by atoms with E-state index < -0.39 is 12.0 Å². The van der Waals surface area contributed by atoms with E-state index in [1.54, 1.807) is 6.07 Å². The van der Waals surface area contributed by atoms with Gasteiger partial charge in [-0.25, -0.2) is 0 Å². The molecular weight excluding hydrogens is 390 g/mol. The van der Waals surface area contributed by atoms with E-state index in [0.717, 1.165) is 6.54 Å². The van der Waals surface area contributed by atoms with Crippen LogP contribution in [0.3, 0.4) is 0 Å². The number of phenols is 1. The number of aliphatic hydroxyl groups is 1. The number of nitrogens with one attached hydrogen (secondary N) is 1. The summed E-state index contributed by atoms with van der Waals surface area (Å²) < 4.78 is 0. The van der Waals surface area contributed by atoms with E-state index in [9.17, 15) is 15.0 Å². The number of anilines is 1. The Labute approximate surface area is 185 Å². The minimum atomic E-state index is -0.773. The standard InChI is InChI=1S/C25H35N3O3/c1-17(27-15-24(30)20-11-12-23(29)22(14-20)25(26)31)19-8-6-7-18(13-19)16-28(2)21-9-4-3-5-10-21/h3-5,9-12,14,17-19,24,27,29-30H,6-8,13,15-16H2,1-2H3,(H2,26,31)/t17?,18-,19+,24?/m1/s1. The van der Waals surface area contributed by atoms with Crippen molar-refractivity contribution in [1.82, 2.24) is 5.32 Å². The van der Waals surface area contributed by atoms with Gasteiger partial charge in [-0.2, -0.15) is 0 Å². The van der Waals surface area contributed by atoms with Gasteiger partial charge in [0.1, 0.15) is 5.75 Å². The molecule has 0 bridgehead atoms. The zero-order valence-corrected chi connectivity index (χ0v) is 18.5. The average Bonchev–Trinajstić information content (AvgIpc) is 2.78. The van der Waals surface area contributed by atoms with Crippen LogP contribution in [0.2, 0.25) is 0 Å². The number of aliphatic hydroxyl groups excluding tert-OH is 1. The lowest BCUT2D eigenvalue weighted by Crippen LogP contribution is -2.40. The molecule has 1 aliphatic rings. The van der Waals surface area contributed by atoms with Gasteiger partial charge in [0.15, 0.2) is 0 Å². The minimum absolute atomic E-state index is 0.0299. The van der Waals surface area contributed by atoms with Crippen molar-refractivity contribution in [3.63, 3.8) is 0 Å². The predicted octanol–water partition coefficient (Wildman–Crippen LogP) is 3.45.